The van der Waals surface area contributed by atoms with E-state index in [1.165, 1.54) is 48.7 Å². The van der Waals surface area contributed by atoms with Crippen LogP contribution in [0.1, 0.15) is 50.4 Å². The van der Waals surface area contributed by atoms with Crippen molar-refractivity contribution in [2.75, 3.05) is 13.6 Å². The summed E-state index contributed by atoms with van der Waals surface area (Å²) in [6.45, 7) is 6.39. The quantitative estimate of drug-likeness (QED) is 0.822. The van der Waals surface area contributed by atoms with Crippen molar-refractivity contribution in [3.05, 3.63) is 15.9 Å². The van der Waals surface area contributed by atoms with Crippen molar-refractivity contribution in [2.45, 2.75) is 58.9 Å². The van der Waals surface area contributed by atoms with Crippen molar-refractivity contribution in [1.82, 2.24) is 15.1 Å². The summed E-state index contributed by atoms with van der Waals surface area (Å²) in [4.78, 5) is 0. The summed E-state index contributed by atoms with van der Waals surface area (Å²) < 4.78 is 3.41. The van der Waals surface area contributed by atoms with Crippen LogP contribution >= 0.6 is 15.9 Å². The smallest absolute Gasteiger partial charge is 0.0738 e. The molecule has 1 aliphatic carbocycles. The van der Waals surface area contributed by atoms with E-state index < -0.39 is 0 Å². The Kier molecular flexibility index (Phi) is 6.09. The van der Waals surface area contributed by atoms with Crippen LogP contribution in [0.2, 0.25) is 0 Å². The van der Waals surface area contributed by atoms with Crippen LogP contribution in [0, 0.1) is 18.8 Å². The van der Waals surface area contributed by atoms with Gasteiger partial charge in [0.2, 0.25) is 0 Å². The maximum atomic E-state index is 4.64. The van der Waals surface area contributed by atoms with Gasteiger partial charge in [0.25, 0.3) is 0 Å². The maximum absolute atomic E-state index is 4.64. The topological polar surface area (TPSA) is 29.9 Å². The molecule has 0 aromatic carbocycles. The number of hydrogen-bond donors (Lipinski definition) is 1. The zero-order chi connectivity index (χ0) is 14.5. The highest BCUT2D eigenvalue weighted by Crippen LogP contribution is 2.33. The molecule has 1 aliphatic rings. The Morgan fingerprint density at radius 1 is 1.25 bits per heavy atom. The standard InChI is InChI=1S/C16H28BrN3/c1-4-20-15(16(17)12(2)19-20)10-13-8-6-5-7-9-14(13)11-18-3/h13-14,18H,4-11H2,1-3H3. The van der Waals surface area contributed by atoms with Gasteiger partial charge in [0.05, 0.1) is 15.9 Å². The van der Waals surface area contributed by atoms with Crippen LogP contribution < -0.4 is 5.32 Å². The molecule has 1 saturated carbocycles. The first-order valence-corrected chi connectivity index (χ1v) is 8.83. The predicted molar refractivity (Wildman–Crippen MR) is 88.0 cm³/mol. The number of aromatic nitrogens is 2. The first-order chi connectivity index (χ1) is 9.67. The van der Waals surface area contributed by atoms with Crippen LogP contribution in [-0.4, -0.2) is 23.4 Å². The van der Waals surface area contributed by atoms with E-state index >= 15 is 0 Å². The minimum atomic E-state index is 0.794. The Morgan fingerprint density at radius 3 is 2.60 bits per heavy atom. The summed E-state index contributed by atoms with van der Waals surface area (Å²) >= 11 is 3.75. The summed E-state index contributed by atoms with van der Waals surface area (Å²) in [5, 5.41) is 8.04. The fraction of sp³-hybridized carbons (Fsp3) is 0.812. The van der Waals surface area contributed by atoms with Crippen LogP contribution in [0.3, 0.4) is 0 Å². The van der Waals surface area contributed by atoms with Gasteiger partial charge in [-0.1, -0.05) is 19.3 Å². The lowest BCUT2D eigenvalue weighted by molar-refractivity contribution is 0.298. The molecule has 0 saturated heterocycles. The SMILES string of the molecule is CCn1nc(C)c(Br)c1CC1CCCCCC1CNC. The lowest BCUT2D eigenvalue weighted by Gasteiger charge is -2.25. The molecule has 0 amide bonds. The van der Waals surface area contributed by atoms with Crippen LogP contribution in [0.4, 0.5) is 0 Å². The summed E-state index contributed by atoms with van der Waals surface area (Å²) in [6, 6.07) is 0. The van der Waals surface area contributed by atoms with Gasteiger partial charge in [-0.3, -0.25) is 4.68 Å². The molecule has 114 valence electrons. The monoisotopic (exact) mass is 341 g/mol. The average molecular weight is 342 g/mol. The number of nitrogens with zero attached hydrogens (tertiary/aromatic N) is 2. The third kappa shape index (κ3) is 3.64. The van der Waals surface area contributed by atoms with Gasteiger partial charge < -0.3 is 5.32 Å². The summed E-state index contributed by atoms with van der Waals surface area (Å²) in [5.74, 6) is 1.61. The molecule has 2 unspecified atom stereocenters. The summed E-state index contributed by atoms with van der Waals surface area (Å²) in [5.41, 5.74) is 2.53. The van der Waals surface area contributed by atoms with Gasteiger partial charge in [-0.05, 0) is 74.5 Å². The molecule has 1 fully saturated rings. The molecule has 2 atom stereocenters. The highest BCUT2D eigenvalue weighted by Gasteiger charge is 2.26. The van der Waals surface area contributed by atoms with E-state index in [9.17, 15) is 0 Å². The zero-order valence-electron chi connectivity index (χ0n) is 13.1. The van der Waals surface area contributed by atoms with Crippen molar-refractivity contribution in [1.29, 1.82) is 0 Å². The van der Waals surface area contributed by atoms with Gasteiger partial charge in [0.15, 0.2) is 0 Å². The second-order valence-electron chi connectivity index (χ2n) is 6.08. The van der Waals surface area contributed by atoms with E-state index in [-0.39, 0.29) is 0 Å². The van der Waals surface area contributed by atoms with E-state index in [1.807, 2.05) is 0 Å². The second kappa shape index (κ2) is 7.60. The molecular weight excluding hydrogens is 314 g/mol. The predicted octanol–water partition coefficient (Wildman–Crippen LogP) is 3.93. The maximum Gasteiger partial charge on any atom is 0.0738 e. The highest BCUT2D eigenvalue weighted by atomic mass is 79.9. The van der Waals surface area contributed by atoms with Gasteiger partial charge in [0.1, 0.15) is 0 Å². The Balaban J connectivity index is 2.17. The minimum absolute atomic E-state index is 0.794. The van der Waals surface area contributed by atoms with Crippen LogP contribution in [0.15, 0.2) is 4.47 Å². The molecule has 3 nitrogen and oxygen atoms in total. The number of aryl methyl sites for hydroxylation is 2. The summed E-state index contributed by atoms with van der Waals surface area (Å²) in [6.07, 6.45) is 8.11. The van der Waals surface area contributed by atoms with E-state index in [2.05, 4.69) is 51.9 Å². The average Bonchev–Trinajstić information content (AvgIpc) is 2.62. The van der Waals surface area contributed by atoms with Crippen LogP contribution in [0.5, 0.6) is 0 Å². The molecule has 2 rings (SSSR count). The third-order valence-electron chi connectivity index (χ3n) is 4.69. The molecule has 1 heterocycles. The van der Waals surface area contributed by atoms with Gasteiger partial charge in [0, 0.05) is 6.54 Å². The van der Waals surface area contributed by atoms with Crippen molar-refractivity contribution in [3.63, 3.8) is 0 Å². The molecule has 4 heteroatoms. The third-order valence-corrected chi connectivity index (χ3v) is 5.72. The fourth-order valence-corrected chi connectivity index (χ4v) is 4.02. The molecule has 1 N–H and O–H groups in total. The zero-order valence-corrected chi connectivity index (χ0v) is 14.7. The molecule has 0 bridgehead atoms. The first kappa shape index (κ1) is 16.0. The van der Waals surface area contributed by atoms with Crippen molar-refractivity contribution in [2.24, 2.45) is 11.8 Å². The molecule has 20 heavy (non-hydrogen) atoms. The van der Waals surface area contributed by atoms with Gasteiger partial charge in [-0.15, -0.1) is 0 Å². The van der Waals surface area contributed by atoms with Crippen LogP contribution in [0.25, 0.3) is 0 Å². The van der Waals surface area contributed by atoms with Crippen molar-refractivity contribution in [3.8, 4) is 0 Å². The minimum Gasteiger partial charge on any atom is -0.319 e. The molecule has 1 aromatic heterocycles. The Labute approximate surface area is 131 Å². The second-order valence-corrected chi connectivity index (χ2v) is 6.87. The van der Waals surface area contributed by atoms with Crippen LogP contribution in [-0.2, 0) is 13.0 Å². The van der Waals surface area contributed by atoms with Gasteiger partial charge in [-0.25, -0.2) is 0 Å². The summed E-state index contributed by atoms with van der Waals surface area (Å²) in [7, 11) is 2.08. The largest absolute Gasteiger partial charge is 0.319 e. The van der Waals surface area contributed by atoms with Crippen molar-refractivity contribution < 1.29 is 0 Å². The number of nitrogens with one attached hydrogen (secondary N) is 1. The fourth-order valence-electron chi connectivity index (χ4n) is 3.57. The first-order valence-electron chi connectivity index (χ1n) is 8.03. The molecule has 0 spiro atoms. The van der Waals surface area contributed by atoms with E-state index in [4.69, 9.17) is 0 Å². The lowest BCUT2D eigenvalue weighted by atomic mass is 9.84. The Bertz CT molecular complexity index is 428. The number of rotatable bonds is 5. The molecular formula is C16H28BrN3. The molecule has 1 aromatic rings. The van der Waals surface area contributed by atoms with Gasteiger partial charge in [-0.2, -0.15) is 5.10 Å². The van der Waals surface area contributed by atoms with Crippen molar-refractivity contribution >= 4 is 15.9 Å². The lowest BCUT2D eigenvalue weighted by Crippen LogP contribution is -2.27. The Hall–Kier alpha value is -0.350. The highest BCUT2D eigenvalue weighted by molar-refractivity contribution is 9.10. The number of hydrogen-bond acceptors (Lipinski definition) is 2. The Morgan fingerprint density at radius 2 is 1.95 bits per heavy atom. The van der Waals surface area contributed by atoms with Gasteiger partial charge >= 0.3 is 0 Å². The molecule has 0 radical (unpaired) electrons. The molecule has 0 aliphatic heterocycles. The van der Waals surface area contributed by atoms with E-state index in [1.54, 1.807) is 0 Å². The normalized spacial score (nSPS) is 23.8. The number of halogens is 1. The van der Waals surface area contributed by atoms with E-state index in [0.29, 0.717) is 0 Å². The van der Waals surface area contributed by atoms with E-state index in [0.717, 1.165) is 30.6 Å².